The van der Waals surface area contributed by atoms with E-state index in [9.17, 15) is 29.0 Å². The van der Waals surface area contributed by atoms with Crippen LogP contribution in [0.1, 0.15) is 24.0 Å². The third-order valence-electron chi connectivity index (χ3n) is 4.28. The lowest BCUT2D eigenvalue weighted by atomic mass is 9.99. The van der Waals surface area contributed by atoms with Crippen LogP contribution in [0.15, 0.2) is 48.5 Å². The first-order valence-corrected chi connectivity index (χ1v) is 10.7. The summed E-state index contributed by atoms with van der Waals surface area (Å²) < 4.78 is 11.5. The first-order valence-electron chi connectivity index (χ1n) is 8.49. The number of carboxylic acids is 1. The number of hydrogen-bond donors (Lipinski definition) is 4. The lowest BCUT2D eigenvalue weighted by Gasteiger charge is -2.19. The summed E-state index contributed by atoms with van der Waals surface area (Å²) in [6.45, 7) is 1.47. The van der Waals surface area contributed by atoms with E-state index in [1.165, 1.54) is 13.0 Å². The smallest absolute Gasteiger partial charge is 0.326 e. The number of anilines is 1. The highest BCUT2D eigenvalue weighted by Crippen LogP contribution is 2.38. The number of benzene rings is 2. The molecule has 150 valence electrons. The molecule has 28 heavy (non-hydrogen) atoms. The topological polar surface area (TPSA) is 124 Å². The lowest BCUT2D eigenvalue weighted by molar-refractivity contribution is -0.138. The van der Waals surface area contributed by atoms with E-state index in [2.05, 4.69) is 5.32 Å². The molecule has 1 amide bonds. The van der Waals surface area contributed by atoms with Gasteiger partial charge >= 0.3 is 13.6 Å². The Hall–Kier alpha value is -2.18. The average molecular weight is 426 g/mol. The second-order valence-electron chi connectivity index (χ2n) is 6.49. The number of amides is 1. The molecule has 2 aromatic carbocycles. The van der Waals surface area contributed by atoms with Crippen LogP contribution >= 0.6 is 19.2 Å². The SMILES string of the molecule is CC(C(=O)O)c1cccc(NC(=O)C(Cc2ccccc2)CP(=O)(O)O)c1Cl. The molecule has 0 spiro atoms. The van der Waals surface area contributed by atoms with Crippen molar-refractivity contribution in [3.63, 3.8) is 0 Å². The Bertz CT molecular complexity index is 899. The summed E-state index contributed by atoms with van der Waals surface area (Å²) in [7, 11) is -4.44. The van der Waals surface area contributed by atoms with Gasteiger partial charge in [0.15, 0.2) is 0 Å². The van der Waals surface area contributed by atoms with Gasteiger partial charge in [0.2, 0.25) is 5.91 Å². The van der Waals surface area contributed by atoms with Gasteiger partial charge in [-0.3, -0.25) is 14.2 Å². The molecule has 2 atom stereocenters. The Labute approximate surface area is 167 Å². The maximum absolute atomic E-state index is 12.7. The minimum atomic E-state index is -4.44. The molecule has 2 rings (SSSR count). The monoisotopic (exact) mass is 425 g/mol. The Morgan fingerprint density at radius 1 is 1.11 bits per heavy atom. The molecule has 7 nitrogen and oxygen atoms in total. The van der Waals surface area contributed by atoms with Gasteiger partial charge in [-0.1, -0.05) is 54.1 Å². The molecule has 2 aromatic rings. The Balaban J connectivity index is 2.26. The predicted molar refractivity (Wildman–Crippen MR) is 107 cm³/mol. The lowest BCUT2D eigenvalue weighted by Crippen LogP contribution is -2.28. The van der Waals surface area contributed by atoms with Crippen molar-refractivity contribution >= 4 is 36.8 Å². The largest absolute Gasteiger partial charge is 0.481 e. The van der Waals surface area contributed by atoms with Crippen LogP contribution in [0.3, 0.4) is 0 Å². The molecule has 0 saturated carbocycles. The van der Waals surface area contributed by atoms with Crippen LogP contribution in [-0.2, 0) is 20.6 Å². The van der Waals surface area contributed by atoms with E-state index in [0.717, 1.165) is 5.56 Å². The summed E-state index contributed by atoms with van der Waals surface area (Å²) in [6, 6.07) is 13.5. The number of carboxylic acid groups (broad SMARTS) is 1. The molecule has 0 heterocycles. The van der Waals surface area contributed by atoms with Gasteiger partial charge in [-0.05, 0) is 30.5 Å². The number of carbonyl (C=O) groups excluding carboxylic acids is 1. The summed E-state index contributed by atoms with van der Waals surface area (Å²) in [4.78, 5) is 42.7. The number of aliphatic carboxylic acids is 1. The zero-order valence-corrected chi connectivity index (χ0v) is 16.7. The second kappa shape index (κ2) is 9.34. The highest BCUT2D eigenvalue weighted by atomic mass is 35.5. The van der Waals surface area contributed by atoms with E-state index in [1.54, 1.807) is 42.5 Å². The summed E-state index contributed by atoms with van der Waals surface area (Å²) in [5.41, 5.74) is 1.29. The van der Waals surface area contributed by atoms with E-state index in [-0.39, 0.29) is 17.1 Å². The van der Waals surface area contributed by atoms with E-state index in [4.69, 9.17) is 11.6 Å². The third-order valence-corrected chi connectivity index (χ3v) is 5.62. The van der Waals surface area contributed by atoms with Crippen LogP contribution < -0.4 is 5.32 Å². The summed E-state index contributed by atoms with van der Waals surface area (Å²) in [5, 5.41) is 11.8. The molecule has 0 fully saturated rings. The fourth-order valence-corrected chi connectivity index (χ4v) is 3.98. The summed E-state index contributed by atoms with van der Waals surface area (Å²) >= 11 is 6.26. The van der Waals surface area contributed by atoms with Gasteiger partial charge in [0, 0.05) is 0 Å². The zero-order valence-electron chi connectivity index (χ0n) is 15.1. The Morgan fingerprint density at radius 3 is 2.32 bits per heavy atom. The molecule has 9 heteroatoms. The molecule has 0 saturated heterocycles. The molecule has 0 aliphatic carbocycles. The normalized spacial score (nSPS) is 13.6. The summed E-state index contributed by atoms with van der Waals surface area (Å²) in [5.74, 6) is -3.53. The van der Waals surface area contributed by atoms with Crippen LogP contribution in [0.5, 0.6) is 0 Å². The maximum atomic E-state index is 12.7. The maximum Gasteiger partial charge on any atom is 0.326 e. The van der Waals surface area contributed by atoms with Crippen molar-refractivity contribution in [2.24, 2.45) is 5.92 Å². The van der Waals surface area contributed by atoms with Gasteiger partial charge < -0.3 is 20.2 Å². The molecule has 2 unspecified atom stereocenters. The molecule has 0 aromatic heterocycles. The van der Waals surface area contributed by atoms with Crippen molar-refractivity contribution in [1.82, 2.24) is 0 Å². The molecular formula is C19H21ClNO6P. The van der Waals surface area contributed by atoms with Gasteiger partial charge in [-0.15, -0.1) is 0 Å². The van der Waals surface area contributed by atoms with Crippen molar-refractivity contribution in [2.45, 2.75) is 19.3 Å². The molecule has 4 N–H and O–H groups in total. The van der Waals surface area contributed by atoms with Crippen LogP contribution in [0.4, 0.5) is 5.69 Å². The Morgan fingerprint density at radius 2 is 1.75 bits per heavy atom. The van der Waals surface area contributed by atoms with Crippen molar-refractivity contribution in [3.8, 4) is 0 Å². The van der Waals surface area contributed by atoms with Crippen molar-refractivity contribution in [1.29, 1.82) is 0 Å². The van der Waals surface area contributed by atoms with Gasteiger partial charge in [-0.2, -0.15) is 0 Å². The average Bonchev–Trinajstić information content (AvgIpc) is 2.62. The number of rotatable bonds is 8. The zero-order chi connectivity index (χ0) is 20.9. The predicted octanol–water partition coefficient (Wildman–Crippen LogP) is 3.50. The first kappa shape index (κ1) is 22.1. The van der Waals surface area contributed by atoms with Gasteiger partial charge in [0.25, 0.3) is 0 Å². The van der Waals surface area contributed by atoms with E-state index in [0.29, 0.717) is 5.56 Å². The number of hydrogen-bond acceptors (Lipinski definition) is 3. The number of nitrogens with one attached hydrogen (secondary N) is 1. The van der Waals surface area contributed by atoms with Gasteiger partial charge in [-0.25, -0.2) is 0 Å². The van der Waals surface area contributed by atoms with Crippen molar-refractivity contribution in [2.75, 3.05) is 11.5 Å². The minimum Gasteiger partial charge on any atom is -0.481 e. The summed E-state index contributed by atoms with van der Waals surface area (Å²) in [6.07, 6.45) is -0.475. The first-order chi connectivity index (χ1) is 13.1. The Kier molecular flexibility index (Phi) is 7.38. The minimum absolute atomic E-state index is 0.0837. The van der Waals surface area contributed by atoms with Crippen LogP contribution in [0, 0.1) is 5.92 Å². The molecule has 0 bridgehead atoms. The standard InChI is InChI=1S/C19H21ClNO6P/c1-12(19(23)24)15-8-5-9-16(17(15)20)21-18(22)14(11-28(25,26)27)10-13-6-3-2-4-7-13/h2-9,12,14H,10-11H2,1H3,(H,21,22)(H,23,24)(H2,25,26,27). The number of carbonyl (C=O) groups is 2. The molecular weight excluding hydrogens is 405 g/mol. The van der Waals surface area contributed by atoms with E-state index in [1.807, 2.05) is 0 Å². The number of halogens is 1. The second-order valence-corrected chi connectivity index (χ2v) is 8.56. The third kappa shape index (κ3) is 6.17. The van der Waals surface area contributed by atoms with Crippen molar-refractivity contribution < 1.29 is 29.0 Å². The fraction of sp³-hybridized carbons (Fsp3) is 0.263. The highest BCUT2D eigenvalue weighted by Gasteiger charge is 2.28. The van der Waals surface area contributed by atoms with Crippen LogP contribution in [0.2, 0.25) is 5.02 Å². The fourth-order valence-electron chi connectivity index (χ4n) is 2.77. The van der Waals surface area contributed by atoms with Crippen LogP contribution in [-0.4, -0.2) is 32.9 Å². The van der Waals surface area contributed by atoms with Crippen LogP contribution in [0.25, 0.3) is 0 Å². The van der Waals surface area contributed by atoms with Crippen molar-refractivity contribution in [3.05, 3.63) is 64.7 Å². The molecule has 0 radical (unpaired) electrons. The highest BCUT2D eigenvalue weighted by molar-refractivity contribution is 7.51. The molecule has 0 aliphatic heterocycles. The van der Waals surface area contributed by atoms with Gasteiger partial charge in [0.05, 0.1) is 28.7 Å². The quantitative estimate of drug-likeness (QED) is 0.480. The van der Waals surface area contributed by atoms with Gasteiger partial charge in [0.1, 0.15) is 0 Å². The van der Waals surface area contributed by atoms with E-state index < -0.39 is 37.5 Å². The molecule has 0 aliphatic rings. The van der Waals surface area contributed by atoms with E-state index >= 15 is 0 Å².